The molecule has 0 aromatic rings. The summed E-state index contributed by atoms with van der Waals surface area (Å²) in [5.74, 6) is 0. The van der Waals surface area contributed by atoms with Crippen LogP contribution in [0.1, 0.15) is 12.8 Å². The van der Waals surface area contributed by atoms with Gasteiger partial charge in [-0.15, -0.1) is 13.2 Å². The van der Waals surface area contributed by atoms with Gasteiger partial charge in [0, 0.05) is 5.57 Å². The number of nitrogens with zero attached hydrogens (tertiary/aromatic N) is 1. The van der Waals surface area contributed by atoms with Gasteiger partial charge in [-0.2, -0.15) is 5.26 Å². The Balaban J connectivity index is 3.92. The van der Waals surface area contributed by atoms with E-state index in [1.54, 1.807) is 12.2 Å². The average Bonchev–Trinajstić information content (AvgIpc) is 1.98. The summed E-state index contributed by atoms with van der Waals surface area (Å²) < 4.78 is 0. The molecule has 0 aromatic carbocycles. The largest absolute Gasteiger partial charge is 0.193 e. The van der Waals surface area contributed by atoms with Gasteiger partial charge in [-0.05, 0) is 12.8 Å². The van der Waals surface area contributed by atoms with Gasteiger partial charge in [-0.1, -0.05) is 18.2 Å². The molecule has 0 radical (unpaired) electrons. The zero-order valence-corrected chi connectivity index (χ0v) is 6.01. The van der Waals surface area contributed by atoms with Crippen LogP contribution in [0.4, 0.5) is 0 Å². The van der Waals surface area contributed by atoms with Crippen LogP contribution in [0.25, 0.3) is 0 Å². The SMILES string of the molecule is C=CC/C=C(\C#N)CC=C. The molecule has 0 saturated carbocycles. The monoisotopic (exact) mass is 133 g/mol. The summed E-state index contributed by atoms with van der Waals surface area (Å²) >= 11 is 0. The number of rotatable bonds is 4. The van der Waals surface area contributed by atoms with E-state index >= 15 is 0 Å². The summed E-state index contributed by atoms with van der Waals surface area (Å²) in [5.41, 5.74) is 0.759. The minimum absolute atomic E-state index is 0.657. The van der Waals surface area contributed by atoms with E-state index in [9.17, 15) is 0 Å². The molecule has 0 aliphatic heterocycles. The zero-order chi connectivity index (χ0) is 7.82. The molecular weight excluding hydrogens is 122 g/mol. The summed E-state index contributed by atoms with van der Waals surface area (Å²) in [5, 5.41) is 8.48. The minimum Gasteiger partial charge on any atom is -0.193 e. The van der Waals surface area contributed by atoms with Crippen LogP contribution < -0.4 is 0 Å². The van der Waals surface area contributed by atoms with Crippen molar-refractivity contribution in [2.75, 3.05) is 0 Å². The van der Waals surface area contributed by atoms with Crippen LogP contribution in [0.5, 0.6) is 0 Å². The molecule has 0 spiro atoms. The maximum atomic E-state index is 8.48. The molecule has 0 aliphatic rings. The molecule has 1 nitrogen and oxygen atoms in total. The van der Waals surface area contributed by atoms with Crippen LogP contribution in [0.2, 0.25) is 0 Å². The molecular formula is C9H11N. The van der Waals surface area contributed by atoms with Gasteiger partial charge in [0.1, 0.15) is 0 Å². The highest BCUT2D eigenvalue weighted by molar-refractivity contribution is 5.23. The summed E-state index contributed by atoms with van der Waals surface area (Å²) in [6, 6.07) is 2.08. The highest BCUT2D eigenvalue weighted by atomic mass is 14.2. The molecule has 0 fully saturated rings. The van der Waals surface area contributed by atoms with E-state index in [1.807, 2.05) is 6.08 Å². The van der Waals surface area contributed by atoms with Gasteiger partial charge in [0.25, 0.3) is 0 Å². The fraction of sp³-hybridized carbons (Fsp3) is 0.222. The summed E-state index contributed by atoms with van der Waals surface area (Å²) in [7, 11) is 0. The molecule has 0 amide bonds. The smallest absolute Gasteiger partial charge is 0.0947 e. The lowest BCUT2D eigenvalue weighted by Crippen LogP contribution is -1.73. The average molecular weight is 133 g/mol. The maximum absolute atomic E-state index is 8.48. The third-order valence-electron chi connectivity index (χ3n) is 1.04. The second-order valence-corrected chi connectivity index (χ2v) is 1.86. The number of allylic oxidation sites excluding steroid dienone is 4. The first-order valence-corrected chi connectivity index (χ1v) is 3.16. The van der Waals surface area contributed by atoms with Crippen molar-refractivity contribution in [2.45, 2.75) is 12.8 Å². The van der Waals surface area contributed by atoms with Crippen molar-refractivity contribution < 1.29 is 0 Å². The maximum Gasteiger partial charge on any atom is 0.0947 e. The first kappa shape index (κ1) is 8.71. The van der Waals surface area contributed by atoms with Gasteiger partial charge < -0.3 is 0 Å². The molecule has 52 valence electrons. The number of hydrogen-bond donors (Lipinski definition) is 0. The lowest BCUT2D eigenvalue weighted by molar-refractivity contribution is 1.23. The standard InChI is InChI=1S/C9H11N/c1-3-5-7-9(8-10)6-4-2/h3-4,7H,1-2,5-6H2/b9-7-. The van der Waals surface area contributed by atoms with Crippen molar-refractivity contribution in [1.29, 1.82) is 5.26 Å². The van der Waals surface area contributed by atoms with Crippen molar-refractivity contribution in [3.05, 3.63) is 37.0 Å². The van der Waals surface area contributed by atoms with E-state index in [0.29, 0.717) is 6.42 Å². The van der Waals surface area contributed by atoms with Crippen molar-refractivity contribution in [2.24, 2.45) is 0 Å². The van der Waals surface area contributed by atoms with Crippen molar-refractivity contribution in [3.8, 4) is 6.07 Å². The molecule has 0 unspecified atom stereocenters. The van der Waals surface area contributed by atoms with Gasteiger partial charge in [0.15, 0.2) is 0 Å². The van der Waals surface area contributed by atoms with Crippen molar-refractivity contribution >= 4 is 0 Å². The van der Waals surface area contributed by atoms with Gasteiger partial charge in [0.05, 0.1) is 6.07 Å². The van der Waals surface area contributed by atoms with Crippen LogP contribution >= 0.6 is 0 Å². The summed E-state index contributed by atoms with van der Waals surface area (Å²) in [6.45, 7) is 7.09. The topological polar surface area (TPSA) is 23.8 Å². The second-order valence-electron chi connectivity index (χ2n) is 1.86. The van der Waals surface area contributed by atoms with Crippen molar-refractivity contribution in [1.82, 2.24) is 0 Å². The Morgan fingerprint density at radius 1 is 1.40 bits per heavy atom. The lowest BCUT2D eigenvalue weighted by Gasteiger charge is -1.87. The highest BCUT2D eigenvalue weighted by Gasteiger charge is 1.87. The van der Waals surface area contributed by atoms with E-state index in [2.05, 4.69) is 19.2 Å². The van der Waals surface area contributed by atoms with E-state index < -0.39 is 0 Å². The first-order valence-electron chi connectivity index (χ1n) is 3.16. The fourth-order valence-corrected chi connectivity index (χ4v) is 0.556. The van der Waals surface area contributed by atoms with Gasteiger partial charge in [0.2, 0.25) is 0 Å². The molecule has 1 heteroatoms. The lowest BCUT2D eigenvalue weighted by atomic mass is 10.2. The summed E-state index contributed by atoms with van der Waals surface area (Å²) in [4.78, 5) is 0. The van der Waals surface area contributed by atoms with Crippen LogP contribution in [-0.2, 0) is 0 Å². The Kier molecular flexibility index (Phi) is 5.09. The quantitative estimate of drug-likeness (QED) is 0.427. The van der Waals surface area contributed by atoms with E-state index in [0.717, 1.165) is 12.0 Å². The zero-order valence-electron chi connectivity index (χ0n) is 6.01. The molecule has 0 heterocycles. The van der Waals surface area contributed by atoms with Crippen LogP contribution in [0, 0.1) is 11.3 Å². The molecule has 0 aliphatic carbocycles. The Labute approximate surface area is 62.0 Å². The molecule has 0 aromatic heterocycles. The predicted octanol–water partition coefficient (Wildman–Crippen LogP) is 2.59. The normalized spacial score (nSPS) is 10.1. The molecule has 0 saturated heterocycles. The van der Waals surface area contributed by atoms with Gasteiger partial charge in [-0.25, -0.2) is 0 Å². The van der Waals surface area contributed by atoms with E-state index in [-0.39, 0.29) is 0 Å². The second kappa shape index (κ2) is 5.84. The fourth-order valence-electron chi connectivity index (χ4n) is 0.556. The van der Waals surface area contributed by atoms with E-state index in [1.165, 1.54) is 0 Å². The highest BCUT2D eigenvalue weighted by Crippen LogP contribution is 2.01. The number of hydrogen-bond acceptors (Lipinski definition) is 1. The third kappa shape index (κ3) is 3.68. The molecule has 0 N–H and O–H groups in total. The molecule has 10 heavy (non-hydrogen) atoms. The molecule has 0 rings (SSSR count). The summed E-state index contributed by atoms with van der Waals surface area (Å²) in [6.07, 6.45) is 6.76. The molecule has 0 atom stereocenters. The van der Waals surface area contributed by atoms with Gasteiger partial charge in [-0.3, -0.25) is 0 Å². The van der Waals surface area contributed by atoms with Crippen LogP contribution in [0.15, 0.2) is 37.0 Å². The van der Waals surface area contributed by atoms with E-state index in [4.69, 9.17) is 5.26 Å². The Morgan fingerprint density at radius 2 is 2.10 bits per heavy atom. The van der Waals surface area contributed by atoms with Crippen molar-refractivity contribution in [3.63, 3.8) is 0 Å². The minimum atomic E-state index is 0.657. The third-order valence-corrected chi connectivity index (χ3v) is 1.04. The molecule has 0 bridgehead atoms. The van der Waals surface area contributed by atoms with Gasteiger partial charge >= 0.3 is 0 Å². The Hall–Kier alpha value is -1.29. The Morgan fingerprint density at radius 3 is 2.50 bits per heavy atom. The first-order chi connectivity index (χ1) is 4.85. The Bertz CT molecular complexity index is 181. The van der Waals surface area contributed by atoms with Crippen LogP contribution in [-0.4, -0.2) is 0 Å². The van der Waals surface area contributed by atoms with Crippen LogP contribution in [0.3, 0.4) is 0 Å². The number of nitriles is 1. The predicted molar refractivity (Wildman–Crippen MR) is 43.3 cm³/mol.